The van der Waals surface area contributed by atoms with Crippen molar-refractivity contribution in [1.29, 1.82) is 0 Å². The van der Waals surface area contributed by atoms with Gasteiger partial charge in [0.05, 0.1) is 12.7 Å². The van der Waals surface area contributed by atoms with Crippen molar-refractivity contribution in [3.8, 4) is 0 Å². The molecule has 0 aliphatic carbocycles. The largest absolute Gasteiger partial charge is 0.465 e. The smallest absolute Gasteiger partial charge is 0.338 e. The maximum atomic E-state index is 11.9. The summed E-state index contributed by atoms with van der Waals surface area (Å²) in [5.74, 6) is -0.499. The van der Waals surface area contributed by atoms with Crippen LogP contribution in [0.1, 0.15) is 11.1 Å². The summed E-state index contributed by atoms with van der Waals surface area (Å²) in [7, 11) is 0.733. The van der Waals surface area contributed by atoms with Gasteiger partial charge >= 0.3 is 5.97 Å². The zero-order chi connectivity index (χ0) is 18.4. The van der Waals surface area contributed by atoms with Gasteiger partial charge in [-0.15, -0.1) is 0 Å². The Kier molecular flexibility index (Phi) is 5.99. The van der Waals surface area contributed by atoms with Crippen LogP contribution < -0.4 is 10.6 Å². The van der Waals surface area contributed by atoms with Gasteiger partial charge in [0.25, 0.3) is 0 Å². The van der Waals surface area contributed by atoms with E-state index in [4.69, 9.17) is 11.3 Å². The molecule has 0 amide bonds. The lowest BCUT2D eigenvalue weighted by Gasteiger charge is -2.21. The van der Waals surface area contributed by atoms with Gasteiger partial charge in [0, 0.05) is 6.16 Å². The molecule has 0 bridgehead atoms. The van der Waals surface area contributed by atoms with Gasteiger partial charge < -0.3 is 4.74 Å². The molecule has 0 spiro atoms. The SMILES string of the molecule is [CH]=C(C(=O)OC)c1ccccc1CP(c1ccccc1)c1ccccc1. The maximum Gasteiger partial charge on any atom is 0.338 e. The van der Waals surface area contributed by atoms with Crippen molar-refractivity contribution in [1.82, 2.24) is 0 Å². The lowest BCUT2D eigenvalue weighted by atomic mass is 10.0. The van der Waals surface area contributed by atoms with Gasteiger partial charge in [-0.1, -0.05) is 84.9 Å². The third-order valence-electron chi connectivity index (χ3n) is 4.18. The molecule has 0 atom stereocenters. The van der Waals surface area contributed by atoms with E-state index in [0.29, 0.717) is 0 Å². The fourth-order valence-electron chi connectivity index (χ4n) is 2.86. The Hall–Kier alpha value is -2.70. The van der Waals surface area contributed by atoms with E-state index in [1.54, 1.807) is 0 Å². The predicted molar refractivity (Wildman–Crippen MR) is 109 cm³/mol. The molecule has 0 saturated heterocycles. The Morgan fingerprint density at radius 2 is 1.35 bits per heavy atom. The van der Waals surface area contributed by atoms with Crippen LogP contribution in [0.2, 0.25) is 0 Å². The summed E-state index contributed by atoms with van der Waals surface area (Å²) in [5, 5.41) is 2.58. The lowest BCUT2D eigenvalue weighted by Crippen LogP contribution is -2.14. The Morgan fingerprint density at radius 3 is 1.88 bits per heavy atom. The molecule has 3 rings (SSSR count). The highest BCUT2D eigenvalue weighted by molar-refractivity contribution is 7.72. The van der Waals surface area contributed by atoms with E-state index in [9.17, 15) is 4.79 Å². The molecule has 0 fully saturated rings. The van der Waals surface area contributed by atoms with Gasteiger partial charge in [-0.25, -0.2) is 4.79 Å². The third kappa shape index (κ3) is 4.09. The molecule has 3 heteroatoms. The monoisotopic (exact) mass is 359 g/mol. The second kappa shape index (κ2) is 8.60. The molecule has 0 heterocycles. The Balaban J connectivity index is 2.01. The Bertz CT molecular complexity index is 849. The van der Waals surface area contributed by atoms with Gasteiger partial charge in [-0.2, -0.15) is 0 Å². The van der Waals surface area contributed by atoms with Crippen LogP contribution in [0.15, 0.2) is 84.9 Å². The molecule has 0 aliphatic rings. The van der Waals surface area contributed by atoms with E-state index in [1.165, 1.54) is 17.7 Å². The van der Waals surface area contributed by atoms with Crippen LogP contribution >= 0.6 is 7.92 Å². The fraction of sp³-hybridized carbons (Fsp3) is 0.0870. The molecular formula is C23H20O2P. The molecule has 26 heavy (non-hydrogen) atoms. The summed E-state index contributed by atoms with van der Waals surface area (Å²) in [6.07, 6.45) is 0.803. The number of carbonyl (C=O) groups is 1. The van der Waals surface area contributed by atoms with Crippen molar-refractivity contribution in [3.05, 3.63) is 103 Å². The highest BCUT2D eigenvalue weighted by Crippen LogP contribution is 2.39. The van der Waals surface area contributed by atoms with Crippen LogP contribution in [0.4, 0.5) is 0 Å². The molecule has 0 aromatic heterocycles. The highest BCUT2D eigenvalue weighted by atomic mass is 31.1. The maximum absolute atomic E-state index is 11.9. The molecule has 3 aromatic rings. The van der Waals surface area contributed by atoms with Crippen LogP contribution in [0.25, 0.3) is 5.57 Å². The third-order valence-corrected chi connectivity index (χ3v) is 6.68. The molecule has 2 nitrogen and oxygen atoms in total. The second-order valence-electron chi connectivity index (χ2n) is 5.82. The minimum atomic E-state index is -0.613. The number of ether oxygens (including phenoxy) is 1. The standard InChI is InChI=1S/C23H20O2P/c1-18(23(24)25-2)22-16-10-9-11-19(22)17-26(20-12-5-3-6-13-20)21-14-7-4-8-15-21/h1,3-16H,17H2,2H3. The Morgan fingerprint density at radius 1 is 0.846 bits per heavy atom. The number of methoxy groups -OCH3 is 1. The van der Waals surface area contributed by atoms with Crippen molar-refractivity contribution in [2.45, 2.75) is 6.16 Å². The Labute approximate surface area is 155 Å². The number of hydrogen-bond donors (Lipinski definition) is 0. The number of hydrogen-bond acceptors (Lipinski definition) is 2. The van der Waals surface area contributed by atoms with Crippen LogP contribution in [0.3, 0.4) is 0 Å². The average Bonchev–Trinajstić information content (AvgIpc) is 2.72. The van der Waals surface area contributed by atoms with Crippen LogP contribution in [0.5, 0.6) is 0 Å². The normalized spacial score (nSPS) is 10.5. The van der Waals surface area contributed by atoms with Crippen molar-refractivity contribution >= 4 is 30.1 Å². The number of esters is 1. The van der Waals surface area contributed by atoms with E-state index in [0.717, 1.165) is 17.3 Å². The van der Waals surface area contributed by atoms with E-state index in [2.05, 4.69) is 48.5 Å². The summed E-state index contributed by atoms with van der Waals surface area (Å²) < 4.78 is 4.80. The van der Waals surface area contributed by atoms with Crippen molar-refractivity contribution in [2.24, 2.45) is 0 Å². The first-order valence-corrected chi connectivity index (χ1v) is 9.90. The molecule has 0 N–H and O–H groups in total. The number of rotatable bonds is 6. The first kappa shape index (κ1) is 18.1. The summed E-state index contributed by atoms with van der Waals surface area (Å²) in [6, 6.07) is 28.7. The highest BCUT2D eigenvalue weighted by Gasteiger charge is 2.19. The predicted octanol–water partition coefficient (Wildman–Crippen LogP) is 4.31. The quantitative estimate of drug-likeness (QED) is 0.372. The van der Waals surface area contributed by atoms with E-state index in [-0.39, 0.29) is 5.57 Å². The summed E-state index contributed by atoms with van der Waals surface area (Å²) >= 11 is 0. The molecule has 1 radical (unpaired) electrons. The lowest BCUT2D eigenvalue weighted by molar-refractivity contribution is -0.133. The van der Waals surface area contributed by atoms with Gasteiger partial charge in [-0.05, 0) is 36.2 Å². The van der Waals surface area contributed by atoms with Crippen LogP contribution in [0, 0.1) is 6.58 Å². The van der Waals surface area contributed by atoms with Crippen molar-refractivity contribution in [2.75, 3.05) is 7.11 Å². The fourth-order valence-corrected chi connectivity index (χ4v) is 5.20. The topological polar surface area (TPSA) is 26.3 Å². The van der Waals surface area contributed by atoms with Crippen molar-refractivity contribution < 1.29 is 9.53 Å². The number of benzene rings is 3. The number of carbonyl (C=O) groups excluding carboxylic acids is 1. The average molecular weight is 359 g/mol. The van der Waals surface area contributed by atoms with Gasteiger partial charge in [0.15, 0.2) is 0 Å². The molecule has 0 unspecified atom stereocenters. The van der Waals surface area contributed by atoms with Crippen molar-refractivity contribution in [3.63, 3.8) is 0 Å². The summed E-state index contributed by atoms with van der Waals surface area (Å²) in [5.41, 5.74) is 1.95. The van der Waals surface area contributed by atoms with Crippen LogP contribution in [-0.2, 0) is 15.7 Å². The van der Waals surface area contributed by atoms with E-state index >= 15 is 0 Å². The van der Waals surface area contributed by atoms with Gasteiger partial charge in [-0.3, -0.25) is 0 Å². The summed E-state index contributed by atoms with van der Waals surface area (Å²) in [4.78, 5) is 11.9. The van der Waals surface area contributed by atoms with Gasteiger partial charge in [0.1, 0.15) is 0 Å². The minimum absolute atomic E-state index is 0.152. The first-order chi connectivity index (χ1) is 12.7. The second-order valence-corrected chi connectivity index (χ2v) is 8.02. The first-order valence-electron chi connectivity index (χ1n) is 8.37. The van der Waals surface area contributed by atoms with E-state index in [1.807, 2.05) is 36.4 Å². The summed E-state index contributed by atoms with van der Waals surface area (Å²) in [6.45, 7) is 6.05. The molecule has 0 saturated carbocycles. The molecule has 0 aliphatic heterocycles. The molecule has 129 valence electrons. The zero-order valence-electron chi connectivity index (χ0n) is 14.6. The minimum Gasteiger partial charge on any atom is -0.465 e. The van der Waals surface area contributed by atoms with Crippen LogP contribution in [-0.4, -0.2) is 13.1 Å². The van der Waals surface area contributed by atoms with Gasteiger partial charge in [0.2, 0.25) is 0 Å². The zero-order valence-corrected chi connectivity index (χ0v) is 15.5. The molecular weight excluding hydrogens is 339 g/mol. The van der Waals surface area contributed by atoms with E-state index < -0.39 is 13.9 Å². The molecule has 3 aromatic carbocycles.